The summed E-state index contributed by atoms with van der Waals surface area (Å²) < 4.78 is 11.3. The fourth-order valence-electron chi connectivity index (χ4n) is 1.98. The van der Waals surface area contributed by atoms with Gasteiger partial charge in [0.2, 0.25) is 0 Å². The number of rotatable bonds is 5. The van der Waals surface area contributed by atoms with Crippen LogP contribution >= 0.6 is 11.8 Å². The summed E-state index contributed by atoms with van der Waals surface area (Å²) in [4.78, 5) is 4.65. The lowest BCUT2D eigenvalue weighted by atomic mass is 10.2. The minimum Gasteiger partial charge on any atom is -0.493 e. The number of thioether (sulfide) groups is 1. The molecule has 0 aromatic heterocycles. The van der Waals surface area contributed by atoms with Gasteiger partial charge < -0.3 is 9.47 Å². The third kappa shape index (κ3) is 3.54. The molecule has 18 heavy (non-hydrogen) atoms. The SMILES string of the molecule is COc1ccc(CON)cc1OC1CCCSC1. The fraction of sp³-hybridized carbons (Fsp3) is 0.538. The smallest absolute Gasteiger partial charge is 0.161 e. The van der Waals surface area contributed by atoms with Gasteiger partial charge in [0.1, 0.15) is 6.10 Å². The highest BCUT2D eigenvalue weighted by Gasteiger charge is 2.17. The Bertz CT molecular complexity index is 380. The Morgan fingerprint density at radius 3 is 2.94 bits per heavy atom. The van der Waals surface area contributed by atoms with Crippen LogP contribution in [0.15, 0.2) is 18.2 Å². The van der Waals surface area contributed by atoms with Gasteiger partial charge in [0.05, 0.1) is 13.7 Å². The molecule has 1 heterocycles. The molecule has 1 fully saturated rings. The van der Waals surface area contributed by atoms with E-state index in [1.165, 1.54) is 12.2 Å². The predicted octanol–water partition coefficient (Wildman–Crippen LogP) is 2.36. The molecular weight excluding hydrogens is 250 g/mol. The largest absolute Gasteiger partial charge is 0.493 e. The molecule has 1 aromatic carbocycles. The monoisotopic (exact) mass is 269 g/mol. The Morgan fingerprint density at radius 2 is 2.28 bits per heavy atom. The molecule has 0 aliphatic carbocycles. The summed E-state index contributed by atoms with van der Waals surface area (Å²) >= 11 is 1.94. The average Bonchev–Trinajstić information content (AvgIpc) is 2.41. The Hall–Kier alpha value is -0.910. The van der Waals surface area contributed by atoms with Crippen molar-refractivity contribution >= 4 is 11.8 Å². The van der Waals surface area contributed by atoms with E-state index in [1.807, 2.05) is 30.0 Å². The normalized spacial score (nSPS) is 19.6. The average molecular weight is 269 g/mol. The summed E-state index contributed by atoms with van der Waals surface area (Å²) in [6.45, 7) is 0.375. The van der Waals surface area contributed by atoms with E-state index in [0.717, 1.165) is 29.2 Å². The van der Waals surface area contributed by atoms with Crippen molar-refractivity contribution in [2.45, 2.75) is 25.6 Å². The summed E-state index contributed by atoms with van der Waals surface area (Å²) in [5.41, 5.74) is 0.983. The third-order valence-corrected chi connectivity index (χ3v) is 4.08. The van der Waals surface area contributed by atoms with Crippen molar-refractivity contribution < 1.29 is 14.3 Å². The van der Waals surface area contributed by atoms with Crippen LogP contribution in [-0.4, -0.2) is 24.7 Å². The number of methoxy groups -OCH3 is 1. The molecule has 1 atom stereocenters. The van der Waals surface area contributed by atoms with Crippen LogP contribution in [0.1, 0.15) is 18.4 Å². The van der Waals surface area contributed by atoms with Crippen LogP contribution in [-0.2, 0) is 11.4 Å². The molecule has 1 aliphatic rings. The maximum absolute atomic E-state index is 6.02. The highest BCUT2D eigenvalue weighted by Crippen LogP contribution is 2.31. The molecule has 0 bridgehead atoms. The van der Waals surface area contributed by atoms with Crippen molar-refractivity contribution in [3.63, 3.8) is 0 Å². The molecule has 2 rings (SSSR count). The van der Waals surface area contributed by atoms with E-state index in [0.29, 0.717) is 6.61 Å². The lowest BCUT2D eigenvalue weighted by Crippen LogP contribution is -2.23. The maximum Gasteiger partial charge on any atom is 0.161 e. The first-order chi connectivity index (χ1) is 8.83. The number of ether oxygens (including phenoxy) is 2. The Balaban J connectivity index is 2.09. The van der Waals surface area contributed by atoms with Crippen molar-refractivity contribution in [1.82, 2.24) is 0 Å². The quantitative estimate of drug-likeness (QED) is 0.832. The van der Waals surface area contributed by atoms with E-state index < -0.39 is 0 Å². The van der Waals surface area contributed by atoms with E-state index in [1.54, 1.807) is 7.11 Å². The van der Waals surface area contributed by atoms with Crippen LogP contribution in [0.3, 0.4) is 0 Å². The summed E-state index contributed by atoms with van der Waals surface area (Å²) in [6.07, 6.45) is 2.59. The third-order valence-electron chi connectivity index (χ3n) is 2.89. The van der Waals surface area contributed by atoms with Gasteiger partial charge in [0, 0.05) is 5.75 Å². The zero-order chi connectivity index (χ0) is 12.8. The van der Waals surface area contributed by atoms with Gasteiger partial charge in [-0.2, -0.15) is 11.8 Å². The molecule has 0 radical (unpaired) electrons. The second-order valence-corrected chi connectivity index (χ2v) is 5.40. The minimum atomic E-state index is 0.270. The van der Waals surface area contributed by atoms with Gasteiger partial charge >= 0.3 is 0 Å². The molecule has 4 nitrogen and oxygen atoms in total. The first kappa shape index (κ1) is 13.5. The standard InChI is InChI=1S/C13H19NO3S/c1-15-12-5-4-10(8-16-14)7-13(12)17-11-3-2-6-18-9-11/h4-5,7,11H,2-3,6,8-9,14H2,1H3. The zero-order valence-electron chi connectivity index (χ0n) is 10.6. The highest BCUT2D eigenvalue weighted by atomic mass is 32.2. The van der Waals surface area contributed by atoms with Crippen LogP contribution < -0.4 is 15.4 Å². The summed E-state index contributed by atoms with van der Waals surface area (Å²) in [7, 11) is 1.65. The first-order valence-electron chi connectivity index (χ1n) is 6.06. The summed E-state index contributed by atoms with van der Waals surface area (Å²) in [5, 5.41) is 0. The number of hydrogen-bond donors (Lipinski definition) is 1. The Kier molecular flexibility index (Phi) is 5.16. The minimum absolute atomic E-state index is 0.270. The van der Waals surface area contributed by atoms with Crippen molar-refractivity contribution in [2.75, 3.05) is 18.6 Å². The highest BCUT2D eigenvalue weighted by molar-refractivity contribution is 7.99. The Labute approximate surface area is 112 Å². The van der Waals surface area contributed by atoms with Gasteiger partial charge in [-0.15, -0.1) is 0 Å². The number of benzene rings is 1. The lowest BCUT2D eigenvalue weighted by molar-refractivity contribution is 0.123. The summed E-state index contributed by atoms with van der Waals surface area (Å²) in [6, 6.07) is 5.75. The molecule has 1 saturated heterocycles. The van der Waals surface area contributed by atoms with Crippen LogP contribution in [0, 0.1) is 0 Å². The van der Waals surface area contributed by atoms with Gasteiger partial charge in [0.25, 0.3) is 0 Å². The van der Waals surface area contributed by atoms with Gasteiger partial charge in [-0.25, -0.2) is 5.90 Å². The zero-order valence-corrected chi connectivity index (χ0v) is 11.4. The molecule has 1 aromatic rings. The second-order valence-electron chi connectivity index (χ2n) is 4.25. The van der Waals surface area contributed by atoms with Crippen molar-refractivity contribution in [3.05, 3.63) is 23.8 Å². The van der Waals surface area contributed by atoms with E-state index >= 15 is 0 Å². The van der Waals surface area contributed by atoms with Crippen molar-refractivity contribution in [2.24, 2.45) is 5.90 Å². The summed E-state index contributed by atoms with van der Waals surface area (Å²) in [5.74, 6) is 8.90. The van der Waals surface area contributed by atoms with Crippen molar-refractivity contribution in [1.29, 1.82) is 0 Å². The van der Waals surface area contributed by atoms with Gasteiger partial charge in [-0.3, -0.25) is 4.84 Å². The molecule has 2 N–H and O–H groups in total. The van der Waals surface area contributed by atoms with Crippen LogP contribution in [0.2, 0.25) is 0 Å². The fourth-order valence-corrected chi connectivity index (χ4v) is 3.02. The molecule has 1 aliphatic heterocycles. The van der Waals surface area contributed by atoms with Crippen LogP contribution in [0.4, 0.5) is 0 Å². The number of hydrogen-bond acceptors (Lipinski definition) is 5. The maximum atomic E-state index is 6.02. The lowest BCUT2D eigenvalue weighted by Gasteiger charge is -2.24. The molecule has 0 spiro atoms. The van der Waals surface area contributed by atoms with Crippen molar-refractivity contribution in [3.8, 4) is 11.5 Å². The van der Waals surface area contributed by atoms with E-state index in [2.05, 4.69) is 4.84 Å². The molecule has 100 valence electrons. The van der Waals surface area contributed by atoms with Gasteiger partial charge in [-0.05, 0) is 36.3 Å². The molecule has 0 amide bonds. The van der Waals surface area contributed by atoms with Gasteiger partial charge in [0.15, 0.2) is 11.5 Å². The number of nitrogens with two attached hydrogens (primary N) is 1. The van der Waals surface area contributed by atoms with Crippen LogP contribution in [0.5, 0.6) is 11.5 Å². The predicted molar refractivity (Wildman–Crippen MR) is 72.9 cm³/mol. The van der Waals surface area contributed by atoms with E-state index in [-0.39, 0.29) is 6.10 Å². The van der Waals surface area contributed by atoms with E-state index in [4.69, 9.17) is 15.4 Å². The van der Waals surface area contributed by atoms with Crippen LogP contribution in [0.25, 0.3) is 0 Å². The Morgan fingerprint density at radius 1 is 1.39 bits per heavy atom. The van der Waals surface area contributed by atoms with E-state index in [9.17, 15) is 0 Å². The second kappa shape index (κ2) is 6.87. The molecule has 1 unspecified atom stereocenters. The molecule has 5 heteroatoms. The first-order valence-corrected chi connectivity index (χ1v) is 7.22. The molecular formula is C13H19NO3S. The topological polar surface area (TPSA) is 53.7 Å². The van der Waals surface area contributed by atoms with Gasteiger partial charge in [-0.1, -0.05) is 6.07 Å². The molecule has 0 saturated carbocycles.